The number of aliphatic hydroxyl groups is 2. The molecule has 0 spiro atoms. The van der Waals surface area contributed by atoms with Gasteiger partial charge in [0.15, 0.2) is 17.3 Å². The monoisotopic (exact) mass is 331 g/mol. The number of aromatic nitrogens is 4. The second-order valence-electron chi connectivity index (χ2n) is 4.94. The molecule has 12 heteroatoms. The summed E-state index contributed by atoms with van der Waals surface area (Å²) in [4.78, 5) is 29.9. The van der Waals surface area contributed by atoms with E-state index >= 15 is 0 Å². The first kappa shape index (κ1) is 15.3. The van der Waals surface area contributed by atoms with Crippen molar-refractivity contribution in [3.8, 4) is 0 Å². The Labute approximate surface area is 123 Å². The maximum Gasteiger partial charge on any atom is 0.356 e. The Bertz CT molecular complexity index is 746. The van der Waals surface area contributed by atoms with Crippen molar-refractivity contribution in [1.82, 2.24) is 19.5 Å². The lowest BCUT2D eigenvalue weighted by Crippen LogP contribution is -2.34. The molecule has 1 saturated heterocycles. The van der Waals surface area contributed by atoms with E-state index in [1.165, 1.54) is 17.2 Å². The lowest BCUT2D eigenvalue weighted by Gasteiger charge is -2.21. The normalized spacial score (nSPS) is 27.4. The van der Waals surface area contributed by atoms with Crippen LogP contribution in [0.3, 0.4) is 0 Å². The summed E-state index contributed by atoms with van der Waals surface area (Å²) >= 11 is 0. The summed E-state index contributed by atoms with van der Waals surface area (Å²) in [6.45, 7) is 0. The lowest BCUT2D eigenvalue weighted by atomic mass is 10.2. The van der Waals surface area contributed by atoms with Crippen molar-refractivity contribution < 1.29 is 29.3 Å². The molecular weight excluding hydrogens is 317 g/mol. The average Bonchev–Trinajstić information content (AvgIpc) is 3.01. The van der Waals surface area contributed by atoms with Crippen molar-refractivity contribution in [3.63, 3.8) is 0 Å². The standard InChI is InChI=1S/C10H14N5O6P/c11-8-6-9(13-2-12-8)15(3-14-6)5-1-4(16)7(21-5)10(17)22(18,19)20/h2-5,7,10,16-17H,1H2,(H2,11,12,13)(H2,18,19,20)/t4-,5+,7-,10?/m0/s1. The smallest absolute Gasteiger partial charge is 0.356 e. The molecule has 0 saturated carbocycles. The lowest BCUT2D eigenvalue weighted by molar-refractivity contribution is -0.0622. The minimum Gasteiger partial charge on any atom is -0.390 e. The largest absolute Gasteiger partial charge is 0.390 e. The van der Waals surface area contributed by atoms with Crippen LogP contribution >= 0.6 is 7.60 Å². The maximum atomic E-state index is 11.1. The van der Waals surface area contributed by atoms with Crippen LogP contribution in [0, 0.1) is 0 Å². The number of nitrogens with two attached hydrogens (primary N) is 1. The zero-order valence-electron chi connectivity index (χ0n) is 11.1. The Kier molecular flexibility index (Phi) is 3.63. The summed E-state index contributed by atoms with van der Waals surface area (Å²) in [6.07, 6.45) is -0.827. The molecule has 3 rings (SSSR count). The van der Waals surface area contributed by atoms with E-state index < -0.39 is 31.9 Å². The molecule has 0 amide bonds. The molecule has 3 heterocycles. The van der Waals surface area contributed by atoms with Gasteiger partial charge in [-0.15, -0.1) is 0 Å². The Balaban J connectivity index is 1.91. The molecular formula is C10H14N5O6P. The Morgan fingerprint density at radius 3 is 2.82 bits per heavy atom. The van der Waals surface area contributed by atoms with Gasteiger partial charge >= 0.3 is 7.60 Å². The van der Waals surface area contributed by atoms with Gasteiger partial charge in [-0.05, 0) is 0 Å². The third kappa shape index (κ3) is 2.47. The van der Waals surface area contributed by atoms with E-state index in [0.29, 0.717) is 11.2 Å². The molecule has 1 fully saturated rings. The van der Waals surface area contributed by atoms with Crippen LogP contribution in [-0.4, -0.2) is 57.6 Å². The topological polar surface area (TPSA) is 177 Å². The van der Waals surface area contributed by atoms with E-state index in [-0.39, 0.29) is 12.2 Å². The zero-order chi connectivity index (χ0) is 16.1. The number of hydrogen-bond acceptors (Lipinski definition) is 8. The van der Waals surface area contributed by atoms with Crippen molar-refractivity contribution in [1.29, 1.82) is 0 Å². The highest BCUT2D eigenvalue weighted by Gasteiger charge is 2.46. The van der Waals surface area contributed by atoms with E-state index in [0.717, 1.165) is 0 Å². The van der Waals surface area contributed by atoms with Crippen LogP contribution in [0.1, 0.15) is 12.6 Å². The van der Waals surface area contributed by atoms with Gasteiger partial charge in [-0.1, -0.05) is 0 Å². The molecule has 0 bridgehead atoms. The molecule has 0 radical (unpaired) electrons. The fourth-order valence-corrected chi connectivity index (χ4v) is 3.04. The van der Waals surface area contributed by atoms with Gasteiger partial charge in [0.25, 0.3) is 0 Å². The molecule has 2 aromatic rings. The first-order chi connectivity index (χ1) is 10.3. The van der Waals surface area contributed by atoms with Gasteiger partial charge in [0.05, 0.1) is 12.4 Å². The molecule has 0 aromatic carbocycles. The summed E-state index contributed by atoms with van der Waals surface area (Å²) in [5.41, 5.74) is 6.37. The van der Waals surface area contributed by atoms with Gasteiger partial charge in [-0.25, -0.2) is 15.0 Å². The van der Waals surface area contributed by atoms with Crippen molar-refractivity contribution >= 4 is 24.6 Å². The van der Waals surface area contributed by atoms with Crippen molar-refractivity contribution in [2.75, 3.05) is 5.73 Å². The fraction of sp³-hybridized carbons (Fsp3) is 0.500. The van der Waals surface area contributed by atoms with Crippen LogP contribution in [0.5, 0.6) is 0 Å². The van der Waals surface area contributed by atoms with Gasteiger partial charge < -0.3 is 30.5 Å². The number of imidazole rings is 1. The number of anilines is 1. The zero-order valence-corrected chi connectivity index (χ0v) is 12.0. The predicted octanol–water partition coefficient (Wildman–Crippen LogP) is -1.45. The number of nitrogen functional groups attached to an aromatic ring is 1. The van der Waals surface area contributed by atoms with E-state index in [1.807, 2.05) is 0 Å². The molecule has 4 atom stereocenters. The van der Waals surface area contributed by atoms with Gasteiger partial charge in [0, 0.05) is 6.42 Å². The Hall–Kier alpha value is -1.62. The summed E-state index contributed by atoms with van der Waals surface area (Å²) in [6, 6.07) is 0. The molecule has 1 aliphatic heterocycles. The summed E-state index contributed by atoms with van der Waals surface area (Å²) in [7, 11) is -4.80. The van der Waals surface area contributed by atoms with Crippen molar-refractivity contribution in [2.24, 2.45) is 0 Å². The molecule has 120 valence electrons. The van der Waals surface area contributed by atoms with E-state index in [2.05, 4.69) is 15.0 Å². The van der Waals surface area contributed by atoms with Crippen LogP contribution in [-0.2, 0) is 9.30 Å². The summed E-state index contributed by atoms with van der Waals surface area (Å²) in [5.74, 6) is -1.93. The molecule has 11 nitrogen and oxygen atoms in total. The van der Waals surface area contributed by atoms with Crippen LogP contribution < -0.4 is 5.73 Å². The summed E-state index contributed by atoms with van der Waals surface area (Å²) < 4.78 is 18.0. The first-order valence-corrected chi connectivity index (χ1v) is 7.97. The predicted molar refractivity (Wildman–Crippen MR) is 72.3 cm³/mol. The Morgan fingerprint density at radius 2 is 2.14 bits per heavy atom. The maximum absolute atomic E-state index is 11.1. The van der Waals surface area contributed by atoms with E-state index in [4.69, 9.17) is 20.3 Å². The second-order valence-corrected chi connectivity index (χ2v) is 6.65. The minimum atomic E-state index is -4.80. The van der Waals surface area contributed by atoms with Gasteiger partial charge in [0.1, 0.15) is 24.2 Å². The fourth-order valence-electron chi connectivity index (χ4n) is 2.39. The molecule has 1 aliphatic rings. The SMILES string of the molecule is Nc1ncnc2c1ncn2[C@H]1C[C@H](O)[C@@H](C(O)P(=O)(O)O)O1. The quantitative estimate of drug-likeness (QED) is 0.418. The van der Waals surface area contributed by atoms with Gasteiger partial charge in [-0.2, -0.15) is 0 Å². The number of nitrogens with zero attached hydrogens (tertiary/aromatic N) is 4. The minimum absolute atomic E-state index is 0.0110. The van der Waals surface area contributed by atoms with Crippen LogP contribution in [0.2, 0.25) is 0 Å². The molecule has 6 N–H and O–H groups in total. The highest BCUT2D eigenvalue weighted by atomic mass is 31.2. The third-order valence-electron chi connectivity index (χ3n) is 3.47. The third-order valence-corrected chi connectivity index (χ3v) is 4.46. The number of aliphatic hydroxyl groups excluding tert-OH is 2. The van der Waals surface area contributed by atoms with E-state index in [1.54, 1.807) is 0 Å². The molecule has 0 aliphatic carbocycles. The number of ether oxygens (including phenoxy) is 1. The first-order valence-electron chi connectivity index (χ1n) is 6.29. The van der Waals surface area contributed by atoms with Gasteiger partial charge in [-0.3, -0.25) is 9.13 Å². The highest BCUT2D eigenvalue weighted by Crippen LogP contribution is 2.46. The van der Waals surface area contributed by atoms with Crippen LogP contribution in [0.15, 0.2) is 12.7 Å². The summed E-state index contributed by atoms with van der Waals surface area (Å²) in [5, 5.41) is 19.5. The van der Waals surface area contributed by atoms with Crippen molar-refractivity contribution in [3.05, 3.63) is 12.7 Å². The number of hydrogen-bond donors (Lipinski definition) is 5. The molecule has 22 heavy (non-hydrogen) atoms. The molecule has 1 unspecified atom stereocenters. The van der Waals surface area contributed by atoms with Crippen LogP contribution in [0.25, 0.3) is 11.2 Å². The highest BCUT2D eigenvalue weighted by molar-refractivity contribution is 7.52. The average molecular weight is 331 g/mol. The number of fused-ring (bicyclic) bond motifs is 1. The van der Waals surface area contributed by atoms with Gasteiger partial charge in [0.2, 0.25) is 0 Å². The number of rotatable bonds is 3. The van der Waals surface area contributed by atoms with E-state index in [9.17, 15) is 14.8 Å². The molecule has 2 aromatic heterocycles. The van der Waals surface area contributed by atoms with Crippen LogP contribution in [0.4, 0.5) is 5.82 Å². The second kappa shape index (κ2) is 5.23. The van der Waals surface area contributed by atoms with Crippen molar-refractivity contribution in [2.45, 2.75) is 30.7 Å². The Morgan fingerprint density at radius 1 is 1.41 bits per heavy atom.